The van der Waals surface area contributed by atoms with E-state index in [1.807, 2.05) is 30.3 Å². The first kappa shape index (κ1) is 21.7. The number of hydrogen-bond acceptors (Lipinski definition) is 9. The van der Waals surface area contributed by atoms with Crippen molar-refractivity contribution in [1.29, 1.82) is 0 Å². The zero-order chi connectivity index (χ0) is 22.5. The first-order valence-corrected chi connectivity index (χ1v) is 10.8. The van der Waals surface area contributed by atoms with E-state index in [0.29, 0.717) is 29.4 Å². The molecular formula is C22H22N4O5S. The van der Waals surface area contributed by atoms with E-state index in [4.69, 9.17) is 18.6 Å². The normalized spacial score (nSPS) is 13.1. The molecule has 2 aromatic carbocycles. The summed E-state index contributed by atoms with van der Waals surface area (Å²) in [6, 6.07) is 13.3. The van der Waals surface area contributed by atoms with Gasteiger partial charge in [0.05, 0.1) is 39.3 Å². The van der Waals surface area contributed by atoms with Gasteiger partial charge in [0.25, 0.3) is 11.1 Å². The Morgan fingerprint density at radius 1 is 1.03 bits per heavy atom. The van der Waals surface area contributed by atoms with E-state index in [0.717, 1.165) is 17.7 Å². The third kappa shape index (κ3) is 4.54. The van der Waals surface area contributed by atoms with Crippen molar-refractivity contribution in [2.45, 2.75) is 11.6 Å². The van der Waals surface area contributed by atoms with Crippen LogP contribution in [-0.2, 0) is 4.79 Å². The number of hydrogen-bond donors (Lipinski definition) is 0. The molecule has 1 amide bonds. The number of carbonyl (C=O) groups excluding carboxylic acids is 1. The molecule has 2 heterocycles. The van der Waals surface area contributed by atoms with Crippen molar-refractivity contribution in [3.63, 3.8) is 0 Å². The average molecular weight is 455 g/mol. The van der Waals surface area contributed by atoms with Gasteiger partial charge in [0.2, 0.25) is 11.6 Å². The van der Waals surface area contributed by atoms with E-state index in [2.05, 4.69) is 15.3 Å². The van der Waals surface area contributed by atoms with Gasteiger partial charge in [-0.2, -0.15) is 5.10 Å². The monoisotopic (exact) mass is 454 g/mol. The maximum atomic E-state index is 12.6. The fourth-order valence-corrected chi connectivity index (χ4v) is 3.89. The summed E-state index contributed by atoms with van der Waals surface area (Å²) in [6.45, 7) is 0.560. The van der Waals surface area contributed by atoms with Gasteiger partial charge in [-0.1, -0.05) is 42.1 Å². The molecule has 32 heavy (non-hydrogen) atoms. The summed E-state index contributed by atoms with van der Waals surface area (Å²) in [5, 5.41) is 14.3. The Morgan fingerprint density at radius 2 is 1.75 bits per heavy atom. The van der Waals surface area contributed by atoms with Gasteiger partial charge in [0.1, 0.15) is 0 Å². The van der Waals surface area contributed by atoms with Crippen molar-refractivity contribution in [3.05, 3.63) is 48.0 Å². The molecule has 0 bridgehead atoms. The Morgan fingerprint density at radius 3 is 2.41 bits per heavy atom. The smallest absolute Gasteiger partial charge is 0.277 e. The van der Waals surface area contributed by atoms with E-state index >= 15 is 0 Å². The minimum absolute atomic E-state index is 0.117. The molecule has 0 N–H and O–H groups in total. The van der Waals surface area contributed by atoms with Crippen LogP contribution in [0.2, 0.25) is 0 Å². The molecule has 1 aliphatic rings. The van der Waals surface area contributed by atoms with Crippen molar-refractivity contribution in [1.82, 2.24) is 15.2 Å². The van der Waals surface area contributed by atoms with E-state index in [-0.39, 0.29) is 22.8 Å². The van der Waals surface area contributed by atoms with Gasteiger partial charge >= 0.3 is 0 Å². The number of carbonyl (C=O) groups is 1. The lowest BCUT2D eigenvalue weighted by Gasteiger charge is -2.12. The number of amides is 1. The number of hydrazone groups is 1. The highest BCUT2D eigenvalue weighted by atomic mass is 32.2. The second-order valence-electron chi connectivity index (χ2n) is 6.76. The van der Waals surface area contributed by atoms with Crippen LogP contribution >= 0.6 is 11.8 Å². The summed E-state index contributed by atoms with van der Waals surface area (Å²) >= 11 is 1.17. The zero-order valence-corrected chi connectivity index (χ0v) is 18.7. The molecule has 4 rings (SSSR count). The summed E-state index contributed by atoms with van der Waals surface area (Å²) in [5.41, 5.74) is 2.55. The molecule has 1 aliphatic heterocycles. The van der Waals surface area contributed by atoms with Crippen LogP contribution in [0.3, 0.4) is 0 Å². The van der Waals surface area contributed by atoms with Crippen LogP contribution in [0.4, 0.5) is 0 Å². The van der Waals surface area contributed by atoms with Crippen LogP contribution in [-0.4, -0.2) is 60.5 Å². The number of rotatable bonds is 8. The highest BCUT2D eigenvalue weighted by Gasteiger charge is 2.23. The van der Waals surface area contributed by atoms with Gasteiger partial charge in [-0.05, 0) is 17.7 Å². The lowest BCUT2D eigenvalue weighted by atomic mass is 10.1. The van der Waals surface area contributed by atoms with Crippen LogP contribution in [0, 0.1) is 0 Å². The van der Waals surface area contributed by atoms with Crippen LogP contribution in [0.15, 0.2) is 57.2 Å². The Balaban J connectivity index is 1.42. The van der Waals surface area contributed by atoms with Gasteiger partial charge in [-0.25, -0.2) is 5.01 Å². The van der Waals surface area contributed by atoms with Crippen molar-refractivity contribution < 1.29 is 23.4 Å². The zero-order valence-electron chi connectivity index (χ0n) is 17.9. The van der Waals surface area contributed by atoms with Crippen LogP contribution in [0.25, 0.3) is 11.5 Å². The molecule has 0 radical (unpaired) electrons. The lowest BCUT2D eigenvalue weighted by molar-refractivity contribution is -0.127. The molecule has 0 aliphatic carbocycles. The SMILES string of the molecule is COc1cc(-c2nnc(SCC(=O)N3CCC(c4ccccc4)=N3)o2)cc(OC)c1OC. The topological polar surface area (TPSA) is 99.3 Å². The molecular weight excluding hydrogens is 432 g/mol. The van der Waals surface area contributed by atoms with E-state index in [1.165, 1.54) is 38.1 Å². The molecule has 3 aromatic rings. The Labute approximate surface area is 189 Å². The molecule has 1 aromatic heterocycles. The van der Waals surface area contributed by atoms with Gasteiger partial charge in [-0.3, -0.25) is 4.79 Å². The highest BCUT2D eigenvalue weighted by Crippen LogP contribution is 2.41. The van der Waals surface area contributed by atoms with Gasteiger partial charge in [0.15, 0.2) is 11.5 Å². The first-order valence-electron chi connectivity index (χ1n) is 9.83. The predicted molar refractivity (Wildman–Crippen MR) is 119 cm³/mol. The summed E-state index contributed by atoms with van der Waals surface area (Å²) in [5.74, 6) is 1.73. The third-order valence-corrected chi connectivity index (χ3v) is 5.64. The number of thioether (sulfide) groups is 1. The van der Waals surface area contributed by atoms with Gasteiger partial charge in [0, 0.05) is 12.0 Å². The molecule has 0 saturated heterocycles. The maximum absolute atomic E-state index is 12.6. The molecule has 0 unspecified atom stereocenters. The highest BCUT2D eigenvalue weighted by molar-refractivity contribution is 7.99. The van der Waals surface area contributed by atoms with Crippen LogP contribution < -0.4 is 14.2 Å². The fourth-order valence-electron chi connectivity index (χ4n) is 3.26. The lowest BCUT2D eigenvalue weighted by Crippen LogP contribution is -2.25. The standard InChI is InChI=1S/C22H22N4O5S/c1-28-17-11-15(12-18(29-2)20(17)30-3)21-23-24-22(31-21)32-13-19(27)26-10-9-16(25-26)14-7-5-4-6-8-14/h4-8,11-12H,9-10,13H2,1-3H3. The Bertz CT molecular complexity index is 1110. The molecule has 0 spiro atoms. The van der Waals surface area contributed by atoms with E-state index in [9.17, 15) is 4.79 Å². The molecule has 10 heteroatoms. The van der Waals surface area contributed by atoms with Gasteiger partial charge < -0.3 is 18.6 Å². The largest absolute Gasteiger partial charge is 0.493 e. The van der Waals surface area contributed by atoms with E-state index in [1.54, 1.807) is 12.1 Å². The fraction of sp³-hybridized carbons (Fsp3) is 0.273. The minimum Gasteiger partial charge on any atom is -0.493 e. The second-order valence-corrected chi connectivity index (χ2v) is 7.68. The summed E-state index contributed by atoms with van der Waals surface area (Å²) in [7, 11) is 4.60. The molecule has 0 fully saturated rings. The predicted octanol–water partition coefficient (Wildman–Crippen LogP) is 3.49. The number of ether oxygens (including phenoxy) is 3. The summed E-state index contributed by atoms with van der Waals surface area (Å²) < 4.78 is 21.8. The Kier molecular flexibility index (Phi) is 6.60. The van der Waals surface area contributed by atoms with Crippen molar-refractivity contribution in [3.8, 4) is 28.7 Å². The molecule has 0 atom stereocenters. The van der Waals surface area contributed by atoms with Crippen molar-refractivity contribution in [2.75, 3.05) is 33.6 Å². The second kappa shape index (κ2) is 9.73. The number of nitrogens with zero attached hydrogens (tertiary/aromatic N) is 4. The first-order chi connectivity index (χ1) is 15.6. The van der Waals surface area contributed by atoms with Crippen molar-refractivity contribution >= 4 is 23.4 Å². The number of aromatic nitrogens is 2. The Hall–Kier alpha value is -3.53. The third-order valence-electron chi connectivity index (χ3n) is 4.83. The van der Waals surface area contributed by atoms with Crippen LogP contribution in [0.1, 0.15) is 12.0 Å². The number of benzene rings is 2. The van der Waals surface area contributed by atoms with Gasteiger partial charge in [-0.15, -0.1) is 10.2 Å². The van der Waals surface area contributed by atoms with E-state index < -0.39 is 0 Å². The summed E-state index contributed by atoms with van der Waals surface area (Å²) in [4.78, 5) is 12.6. The van der Waals surface area contributed by atoms with Crippen molar-refractivity contribution in [2.24, 2.45) is 5.10 Å². The average Bonchev–Trinajstić information content (AvgIpc) is 3.52. The van der Waals surface area contributed by atoms with Crippen LogP contribution in [0.5, 0.6) is 17.2 Å². The molecule has 9 nitrogen and oxygen atoms in total. The molecule has 166 valence electrons. The summed E-state index contributed by atoms with van der Waals surface area (Å²) in [6.07, 6.45) is 0.728. The quantitative estimate of drug-likeness (QED) is 0.477. The molecule has 0 saturated carbocycles. The maximum Gasteiger partial charge on any atom is 0.277 e. The number of methoxy groups -OCH3 is 3. The minimum atomic E-state index is -0.117.